The van der Waals surface area contributed by atoms with Gasteiger partial charge in [-0.25, -0.2) is 0 Å². The third kappa shape index (κ3) is 5.56. The van der Waals surface area contributed by atoms with Gasteiger partial charge >= 0.3 is 0 Å². The second-order valence-electron chi connectivity index (χ2n) is 6.16. The maximum atomic E-state index is 10.1. The van der Waals surface area contributed by atoms with Gasteiger partial charge in [-0.15, -0.1) is 0 Å². The molecule has 0 aliphatic rings. The lowest BCUT2D eigenvalue weighted by atomic mass is 10.1. The highest BCUT2D eigenvalue weighted by molar-refractivity contribution is 5.42. The van der Waals surface area contributed by atoms with Crippen LogP contribution in [0.15, 0.2) is 18.2 Å². The van der Waals surface area contributed by atoms with Crippen LogP contribution in [0.2, 0.25) is 0 Å². The van der Waals surface area contributed by atoms with Crippen molar-refractivity contribution in [3.63, 3.8) is 0 Å². The molecule has 0 heterocycles. The van der Waals surface area contributed by atoms with Gasteiger partial charge in [0.15, 0.2) is 11.5 Å². The van der Waals surface area contributed by atoms with E-state index < -0.39 is 5.60 Å². The van der Waals surface area contributed by atoms with Crippen LogP contribution in [-0.4, -0.2) is 42.4 Å². The van der Waals surface area contributed by atoms with Crippen molar-refractivity contribution in [1.29, 1.82) is 0 Å². The van der Waals surface area contributed by atoms with Crippen molar-refractivity contribution in [2.45, 2.75) is 52.3 Å². The molecule has 1 N–H and O–H groups in total. The molecular formula is C17H29NO3. The molecule has 0 amide bonds. The zero-order valence-electron chi connectivity index (χ0n) is 14.1. The Morgan fingerprint density at radius 2 is 1.81 bits per heavy atom. The molecule has 0 spiro atoms. The number of aliphatic hydroxyl groups is 1. The van der Waals surface area contributed by atoms with E-state index in [2.05, 4.69) is 18.7 Å². The Morgan fingerprint density at radius 3 is 2.29 bits per heavy atom. The van der Waals surface area contributed by atoms with Gasteiger partial charge in [-0.3, -0.25) is 4.90 Å². The number of benzene rings is 1. The zero-order valence-corrected chi connectivity index (χ0v) is 14.1. The van der Waals surface area contributed by atoms with Gasteiger partial charge < -0.3 is 14.6 Å². The Morgan fingerprint density at radius 1 is 1.19 bits per heavy atom. The molecule has 21 heavy (non-hydrogen) atoms. The summed E-state index contributed by atoms with van der Waals surface area (Å²) in [7, 11) is 3.28. The zero-order chi connectivity index (χ0) is 16.0. The monoisotopic (exact) mass is 295 g/mol. The Hall–Kier alpha value is -1.26. The van der Waals surface area contributed by atoms with Gasteiger partial charge in [-0.05, 0) is 44.9 Å². The van der Waals surface area contributed by atoms with Gasteiger partial charge in [-0.1, -0.05) is 13.0 Å². The summed E-state index contributed by atoms with van der Waals surface area (Å²) in [5, 5.41) is 10.1. The van der Waals surface area contributed by atoms with E-state index in [0.717, 1.165) is 30.0 Å². The Balaban J connectivity index is 2.92. The van der Waals surface area contributed by atoms with Crippen LogP contribution < -0.4 is 9.47 Å². The Kier molecular flexibility index (Phi) is 6.49. The minimum absolute atomic E-state index is 0.407. The lowest BCUT2D eigenvalue weighted by Gasteiger charge is -2.33. The molecule has 0 bridgehead atoms. The van der Waals surface area contributed by atoms with Crippen LogP contribution in [0.3, 0.4) is 0 Å². The average Bonchev–Trinajstić information content (AvgIpc) is 2.44. The maximum absolute atomic E-state index is 10.1. The fourth-order valence-electron chi connectivity index (χ4n) is 2.34. The molecule has 0 radical (unpaired) electrons. The van der Waals surface area contributed by atoms with Crippen molar-refractivity contribution >= 4 is 0 Å². The normalized spacial score (nSPS) is 13.3. The number of methoxy groups -OCH3 is 2. The first-order valence-corrected chi connectivity index (χ1v) is 7.48. The Bertz CT molecular complexity index is 440. The van der Waals surface area contributed by atoms with E-state index in [-0.39, 0.29) is 0 Å². The molecule has 1 atom stereocenters. The summed E-state index contributed by atoms with van der Waals surface area (Å²) >= 11 is 0. The smallest absolute Gasteiger partial charge is 0.161 e. The summed E-state index contributed by atoms with van der Waals surface area (Å²) in [5.74, 6) is 1.47. The molecule has 0 saturated heterocycles. The summed E-state index contributed by atoms with van der Waals surface area (Å²) in [4.78, 5) is 2.29. The van der Waals surface area contributed by atoms with Crippen molar-refractivity contribution in [2.24, 2.45) is 0 Å². The Labute approximate surface area is 128 Å². The van der Waals surface area contributed by atoms with Gasteiger partial charge in [0.1, 0.15) is 0 Å². The molecule has 0 aliphatic carbocycles. The fourth-order valence-corrected chi connectivity index (χ4v) is 2.34. The molecule has 4 heteroatoms. The molecule has 0 fully saturated rings. The van der Waals surface area contributed by atoms with Gasteiger partial charge in [0.25, 0.3) is 0 Å². The molecule has 1 aromatic carbocycles. The summed E-state index contributed by atoms with van der Waals surface area (Å²) in [6, 6.07) is 6.37. The van der Waals surface area contributed by atoms with Crippen molar-refractivity contribution in [1.82, 2.24) is 4.90 Å². The second kappa shape index (κ2) is 7.66. The SMILES string of the molecule is CCC(C)N(Cc1ccc(OC)c(OC)c1)CC(C)(C)O. The third-order valence-electron chi connectivity index (χ3n) is 3.64. The fraction of sp³-hybridized carbons (Fsp3) is 0.647. The van der Waals surface area contributed by atoms with Gasteiger partial charge in [0.05, 0.1) is 19.8 Å². The number of hydrogen-bond acceptors (Lipinski definition) is 4. The average molecular weight is 295 g/mol. The number of ether oxygens (including phenoxy) is 2. The van der Waals surface area contributed by atoms with Crippen LogP contribution in [-0.2, 0) is 6.54 Å². The lowest BCUT2D eigenvalue weighted by molar-refractivity contribution is 0.0191. The minimum Gasteiger partial charge on any atom is -0.493 e. The van der Waals surface area contributed by atoms with E-state index in [1.165, 1.54) is 0 Å². The van der Waals surface area contributed by atoms with E-state index in [1.807, 2.05) is 32.0 Å². The van der Waals surface area contributed by atoms with E-state index in [9.17, 15) is 5.11 Å². The molecule has 1 aromatic rings. The van der Waals surface area contributed by atoms with Crippen molar-refractivity contribution in [3.05, 3.63) is 23.8 Å². The first-order chi connectivity index (χ1) is 9.80. The van der Waals surface area contributed by atoms with Crippen LogP contribution in [0.25, 0.3) is 0 Å². The quantitative estimate of drug-likeness (QED) is 0.800. The molecule has 0 aliphatic heterocycles. The lowest BCUT2D eigenvalue weighted by Crippen LogP contribution is -2.42. The van der Waals surface area contributed by atoms with Crippen LogP contribution >= 0.6 is 0 Å². The maximum Gasteiger partial charge on any atom is 0.161 e. The largest absolute Gasteiger partial charge is 0.493 e. The summed E-state index contributed by atoms with van der Waals surface area (Å²) < 4.78 is 10.6. The van der Waals surface area contributed by atoms with Crippen LogP contribution in [0.4, 0.5) is 0 Å². The first-order valence-electron chi connectivity index (χ1n) is 7.48. The second-order valence-corrected chi connectivity index (χ2v) is 6.16. The van der Waals surface area contributed by atoms with Crippen LogP contribution in [0.5, 0.6) is 11.5 Å². The summed E-state index contributed by atoms with van der Waals surface area (Å²) in [6.45, 7) is 9.45. The van der Waals surface area contributed by atoms with Crippen molar-refractivity contribution in [3.8, 4) is 11.5 Å². The molecular weight excluding hydrogens is 266 g/mol. The molecule has 0 saturated carbocycles. The molecule has 120 valence electrons. The van der Waals surface area contributed by atoms with E-state index in [4.69, 9.17) is 9.47 Å². The molecule has 4 nitrogen and oxygen atoms in total. The molecule has 1 unspecified atom stereocenters. The van der Waals surface area contributed by atoms with Crippen LogP contribution in [0, 0.1) is 0 Å². The molecule has 0 aromatic heterocycles. The predicted octanol–water partition coefficient (Wildman–Crippen LogP) is 3.08. The topological polar surface area (TPSA) is 41.9 Å². The number of nitrogens with zero attached hydrogens (tertiary/aromatic N) is 1. The highest BCUT2D eigenvalue weighted by atomic mass is 16.5. The highest BCUT2D eigenvalue weighted by Gasteiger charge is 2.22. The summed E-state index contributed by atoms with van der Waals surface area (Å²) in [6.07, 6.45) is 1.05. The number of hydrogen-bond donors (Lipinski definition) is 1. The van der Waals surface area contributed by atoms with Gasteiger partial charge in [0.2, 0.25) is 0 Å². The first kappa shape index (κ1) is 17.8. The predicted molar refractivity (Wildman–Crippen MR) is 86.0 cm³/mol. The van der Waals surface area contributed by atoms with Crippen LogP contribution in [0.1, 0.15) is 39.7 Å². The summed E-state index contributed by atoms with van der Waals surface area (Å²) in [5.41, 5.74) is 0.442. The van der Waals surface area contributed by atoms with Crippen molar-refractivity contribution < 1.29 is 14.6 Å². The standard InChI is InChI=1S/C17H29NO3/c1-7-13(2)18(12-17(3,4)19)11-14-8-9-15(20-5)16(10-14)21-6/h8-10,13,19H,7,11-12H2,1-6H3. The van der Waals surface area contributed by atoms with Gasteiger partial charge in [0, 0.05) is 19.1 Å². The minimum atomic E-state index is -0.708. The van der Waals surface area contributed by atoms with E-state index >= 15 is 0 Å². The van der Waals surface area contributed by atoms with Crippen molar-refractivity contribution in [2.75, 3.05) is 20.8 Å². The van der Waals surface area contributed by atoms with E-state index in [1.54, 1.807) is 14.2 Å². The van der Waals surface area contributed by atoms with Gasteiger partial charge in [-0.2, -0.15) is 0 Å². The highest BCUT2D eigenvalue weighted by Crippen LogP contribution is 2.28. The third-order valence-corrected chi connectivity index (χ3v) is 3.64. The molecule has 1 rings (SSSR count). The number of rotatable bonds is 8. The van der Waals surface area contributed by atoms with E-state index in [0.29, 0.717) is 12.6 Å².